The highest BCUT2D eigenvalue weighted by Crippen LogP contribution is 2.46. The van der Waals surface area contributed by atoms with Crippen LogP contribution in [0.5, 0.6) is 0 Å². The monoisotopic (exact) mass is 505 g/mol. The number of rotatable bonds is 4. The molecule has 0 spiro atoms. The van der Waals surface area contributed by atoms with Crippen LogP contribution in [0.2, 0.25) is 0 Å². The van der Waals surface area contributed by atoms with Crippen LogP contribution in [0, 0.1) is 30.3 Å². The standard InChI is InChI=1S/C27H15N5O6/c33-30(34)17-9-10-21-22(12-17)27(23-13-18(31(35)36)14-24(25(21)23)32(37)38)29-28-26-19-7-3-1-5-15(19)11-16-6-2-4-8-20(16)26/h1-10,12-14H,11H2. The Morgan fingerprint density at radius 2 is 1.11 bits per heavy atom. The smallest absolute Gasteiger partial charge is 0.258 e. The lowest BCUT2D eigenvalue weighted by Gasteiger charge is -2.20. The number of hydrogen-bond acceptors (Lipinski definition) is 8. The SMILES string of the molecule is O=[N+]([O-])c1ccc2c(c1)C(=NN=C1c3ccccc3Cc3ccccc31)c1cc([N+](=O)[O-])cc([N+](=O)[O-])c1-2. The molecule has 11 nitrogen and oxygen atoms in total. The van der Waals surface area contributed by atoms with Crippen LogP contribution >= 0.6 is 0 Å². The molecule has 0 aliphatic heterocycles. The van der Waals surface area contributed by atoms with E-state index in [0.29, 0.717) is 17.7 Å². The summed E-state index contributed by atoms with van der Waals surface area (Å²) in [6.45, 7) is 0. The summed E-state index contributed by atoms with van der Waals surface area (Å²) in [7, 11) is 0. The lowest BCUT2D eigenvalue weighted by Crippen LogP contribution is -2.15. The van der Waals surface area contributed by atoms with E-state index in [-0.39, 0.29) is 28.1 Å². The van der Waals surface area contributed by atoms with Crippen LogP contribution in [-0.2, 0) is 6.42 Å². The third-order valence-corrected chi connectivity index (χ3v) is 6.68. The molecule has 0 bridgehead atoms. The van der Waals surface area contributed by atoms with Crippen molar-refractivity contribution in [3.8, 4) is 11.1 Å². The van der Waals surface area contributed by atoms with Gasteiger partial charge < -0.3 is 0 Å². The highest BCUT2D eigenvalue weighted by Gasteiger charge is 2.36. The molecule has 184 valence electrons. The van der Waals surface area contributed by atoms with E-state index in [0.717, 1.165) is 28.3 Å². The topological polar surface area (TPSA) is 154 Å². The first-order valence-corrected chi connectivity index (χ1v) is 11.4. The summed E-state index contributed by atoms with van der Waals surface area (Å²) in [6.07, 6.45) is 0.707. The van der Waals surface area contributed by atoms with Gasteiger partial charge in [-0.1, -0.05) is 48.5 Å². The molecule has 38 heavy (non-hydrogen) atoms. The second-order valence-corrected chi connectivity index (χ2v) is 8.78. The lowest BCUT2D eigenvalue weighted by atomic mass is 9.85. The number of nitro benzene ring substituents is 3. The Morgan fingerprint density at radius 1 is 0.553 bits per heavy atom. The lowest BCUT2D eigenvalue weighted by molar-refractivity contribution is -0.393. The van der Waals surface area contributed by atoms with E-state index in [1.807, 2.05) is 48.5 Å². The molecule has 0 unspecified atom stereocenters. The maximum absolute atomic E-state index is 11.9. The van der Waals surface area contributed by atoms with Gasteiger partial charge >= 0.3 is 0 Å². The average Bonchev–Trinajstić information content (AvgIpc) is 3.23. The number of nitro groups is 3. The molecule has 0 radical (unpaired) electrons. The van der Waals surface area contributed by atoms with Crippen molar-refractivity contribution in [2.45, 2.75) is 6.42 Å². The van der Waals surface area contributed by atoms with E-state index in [2.05, 4.69) is 10.2 Å². The van der Waals surface area contributed by atoms with Crippen molar-refractivity contribution in [1.82, 2.24) is 0 Å². The Kier molecular flexibility index (Phi) is 5.12. The van der Waals surface area contributed by atoms with E-state index in [1.54, 1.807) is 0 Å². The summed E-state index contributed by atoms with van der Waals surface area (Å²) >= 11 is 0. The Balaban J connectivity index is 1.65. The van der Waals surface area contributed by atoms with E-state index in [4.69, 9.17) is 0 Å². The van der Waals surface area contributed by atoms with Gasteiger partial charge in [0.05, 0.1) is 26.4 Å². The highest BCUT2D eigenvalue weighted by molar-refractivity contribution is 6.26. The van der Waals surface area contributed by atoms with Gasteiger partial charge in [0.25, 0.3) is 17.1 Å². The molecule has 2 aliphatic carbocycles. The summed E-state index contributed by atoms with van der Waals surface area (Å²) in [5.74, 6) is 0. The molecule has 6 rings (SSSR count). The minimum atomic E-state index is -0.726. The summed E-state index contributed by atoms with van der Waals surface area (Å²) in [5, 5.41) is 44.1. The van der Waals surface area contributed by atoms with Crippen molar-refractivity contribution < 1.29 is 14.8 Å². The van der Waals surface area contributed by atoms with Crippen LogP contribution in [0.4, 0.5) is 17.1 Å². The van der Waals surface area contributed by atoms with E-state index >= 15 is 0 Å². The van der Waals surface area contributed by atoms with Crippen molar-refractivity contribution in [2.24, 2.45) is 10.2 Å². The van der Waals surface area contributed by atoms with Gasteiger partial charge in [-0.2, -0.15) is 0 Å². The predicted octanol–water partition coefficient (Wildman–Crippen LogP) is 5.59. The van der Waals surface area contributed by atoms with E-state index in [1.165, 1.54) is 24.3 Å². The van der Waals surface area contributed by atoms with E-state index < -0.39 is 26.1 Å². The normalized spacial score (nSPS) is 13.8. The number of non-ortho nitro benzene ring substituents is 2. The molecule has 0 atom stereocenters. The molecule has 0 aromatic heterocycles. The first-order chi connectivity index (χ1) is 18.3. The van der Waals surface area contributed by atoms with Crippen molar-refractivity contribution in [3.63, 3.8) is 0 Å². The van der Waals surface area contributed by atoms with E-state index in [9.17, 15) is 30.3 Å². The van der Waals surface area contributed by atoms with Gasteiger partial charge in [0.15, 0.2) is 0 Å². The van der Waals surface area contributed by atoms with Crippen LogP contribution in [0.1, 0.15) is 33.4 Å². The predicted molar refractivity (Wildman–Crippen MR) is 139 cm³/mol. The molecule has 0 fully saturated rings. The van der Waals surface area contributed by atoms with Gasteiger partial charge in [0.2, 0.25) is 0 Å². The minimum Gasteiger partial charge on any atom is -0.258 e. The fourth-order valence-electron chi connectivity index (χ4n) is 5.01. The maximum atomic E-state index is 11.9. The Hall–Kier alpha value is -5.58. The Labute approximate surface area is 213 Å². The molecular weight excluding hydrogens is 490 g/mol. The largest absolute Gasteiger partial charge is 0.284 e. The Morgan fingerprint density at radius 3 is 1.68 bits per heavy atom. The van der Waals surface area contributed by atoms with Crippen molar-refractivity contribution >= 4 is 28.5 Å². The molecule has 2 aliphatic rings. The third kappa shape index (κ3) is 3.53. The van der Waals surface area contributed by atoms with Crippen LogP contribution < -0.4 is 0 Å². The first-order valence-electron chi connectivity index (χ1n) is 11.4. The number of nitrogens with zero attached hydrogens (tertiary/aromatic N) is 5. The molecule has 4 aromatic rings. The van der Waals surface area contributed by atoms with Gasteiger partial charge in [-0.25, -0.2) is 0 Å². The number of hydrogen-bond donors (Lipinski definition) is 0. The van der Waals surface area contributed by atoms with Crippen molar-refractivity contribution in [1.29, 1.82) is 0 Å². The second-order valence-electron chi connectivity index (χ2n) is 8.78. The summed E-state index contributed by atoms with van der Waals surface area (Å²) in [4.78, 5) is 33.0. The molecule has 0 amide bonds. The molecule has 0 saturated heterocycles. The third-order valence-electron chi connectivity index (χ3n) is 6.68. The van der Waals surface area contributed by atoms with Crippen LogP contribution in [0.15, 0.2) is 89.1 Å². The fourth-order valence-corrected chi connectivity index (χ4v) is 5.01. The second kappa shape index (κ2) is 8.52. The summed E-state index contributed by atoms with van der Waals surface area (Å²) < 4.78 is 0. The zero-order valence-electron chi connectivity index (χ0n) is 19.4. The van der Waals surface area contributed by atoms with Gasteiger partial charge in [-0.05, 0) is 29.2 Å². The molecular formula is C27H15N5O6. The average molecular weight is 505 g/mol. The summed E-state index contributed by atoms with van der Waals surface area (Å²) in [6, 6.07) is 21.4. The highest BCUT2D eigenvalue weighted by atomic mass is 16.6. The summed E-state index contributed by atoms with van der Waals surface area (Å²) in [5.41, 5.74) is 3.99. The zero-order chi connectivity index (χ0) is 26.6. The van der Waals surface area contributed by atoms with Gasteiger partial charge in [-0.3, -0.25) is 30.3 Å². The maximum Gasteiger partial charge on any atom is 0.284 e. The van der Waals surface area contributed by atoms with Crippen LogP contribution in [-0.4, -0.2) is 26.2 Å². The molecule has 0 N–H and O–H groups in total. The molecule has 4 aromatic carbocycles. The zero-order valence-corrected chi connectivity index (χ0v) is 19.4. The fraction of sp³-hybridized carbons (Fsp3) is 0.0370. The molecule has 0 saturated carbocycles. The van der Waals surface area contributed by atoms with Crippen LogP contribution in [0.25, 0.3) is 11.1 Å². The molecule has 11 heteroatoms. The quantitative estimate of drug-likeness (QED) is 0.225. The van der Waals surface area contributed by atoms with Crippen molar-refractivity contribution in [2.75, 3.05) is 0 Å². The first kappa shape index (κ1) is 22.9. The van der Waals surface area contributed by atoms with Gasteiger partial charge in [-0.15, -0.1) is 10.2 Å². The Bertz CT molecular complexity index is 1750. The number of benzene rings is 4. The van der Waals surface area contributed by atoms with Crippen LogP contribution in [0.3, 0.4) is 0 Å². The van der Waals surface area contributed by atoms with Gasteiger partial charge in [0.1, 0.15) is 11.4 Å². The minimum absolute atomic E-state index is 0.0820. The number of fused-ring (bicyclic) bond motifs is 5. The van der Waals surface area contributed by atoms with Gasteiger partial charge in [0, 0.05) is 40.5 Å². The molecule has 0 heterocycles. The van der Waals surface area contributed by atoms with Crippen molar-refractivity contribution in [3.05, 3.63) is 143 Å².